The van der Waals surface area contributed by atoms with Crippen LogP contribution < -0.4 is 10.1 Å². The molecule has 0 aromatic heterocycles. The first-order valence-electron chi connectivity index (χ1n) is 7.30. The lowest BCUT2D eigenvalue weighted by Crippen LogP contribution is -2.44. The Bertz CT molecular complexity index is 652. The van der Waals surface area contributed by atoms with Crippen LogP contribution in [-0.2, 0) is 16.0 Å². The fourth-order valence-electron chi connectivity index (χ4n) is 2.07. The third-order valence-electron chi connectivity index (χ3n) is 3.31. The van der Waals surface area contributed by atoms with E-state index in [-0.39, 0.29) is 13.0 Å². The highest BCUT2D eigenvalue weighted by molar-refractivity contribution is 5.84. The Morgan fingerprint density at radius 3 is 2.35 bits per heavy atom. The molecule has 5 heteroatoms. The summed E-state index contributed by atoms with van der Waals surface area (Å²) in [6, 6.07) is 15.5. The summed E-state index contributed by atoms with van der Waals surface area (Å²) < 4.78 is 5.35. The standard InChI is InChI=1S/C18H19NO4/c1-13-7-9-15(10-8-13)23-12-17(20)19-16(18(21)22)11-14-5-3-2-4-6-14/h2-10,16H,11-12H2,1H3,(H,19,20)(H,21,22)/t16-/m0/s1. The van der Waals surface area contributed by atoms with Gasteiger partial charge in [0.05, 0.1) is 0 Å². The number of carbonyl (C=O) groups excluding carboxylic acids is 1. The Labute approximate surface area is 134 Å². The number of carbonyl (C=O) groups is 2. The minimum Gasteiger partial charge on any atom is -0.484 e. The molecule has 0 spiro atoms. The van der Waals surface area contributed by atoms with Crippen molar-refractivity contribution < 1.29 is 19.4 Å². The number of benzene rings is 2. The van der Waals surface area contributed by atoms with E-state index >= 15 is 0 Å². The first-order valence-corrected chi connectivity index (χ1v) is 7.30. The van der Waals surface area contributed by atoms with Crippen LogP contribution in [0.3, 0.4) is 0 Å². The zero-order valence-electron chi connectivity index (χ0n) is 12.9. The molecule has 23 heavy (non-hydrogen) atoms. The molecule has 2 rings (SSSR count). The highest BCUT2D eigenvalue weighted by Gasteiger charge is 2.20. The van der Waals surface area contributed by atoms with Crippen LogP contribution in [-0.4, -0.2) is 29.6 Å². The van der Waals surface area contributed by atoms with Gasteiger partial charge in [-0.05, 0) is 24.6 Å². The van der Waals surface area contributed by atoms with Gasteiger partial charge in [0.1, 0.15) is 11.8 Å². The van der Waals surface area contributed by atoms with Crippen molar-refractivity contribution in [1.82, 2.24) is 5.32 Å². The van der Waals surface area contributed by atoms with E-state index in [1.807, 2.05) is 49.4 Å². The number of amides is 1. The van der Waals surface area contributed by atoms with Crippen LogP contribution in [0, 0.1) is 6.92 Å². The van der Waals surface area contributed by atoms with Gasteiger partial charge in [-0.3, -0.25) is 4.79 Å². The SMILES string of the molecule is Cc1ccc(OCC(=O)N[C@@H](Cc2ccccc2)C(=O)O)cc1. The van der Waals surface area contributed by atoms with Crippen molar-refractivity contribution in [2.45, 2.75) is 19.4 Å². The number of carboxylic acid groups (broad SMARTS) is 1. The van der Waals surface area contributed by atoms with Crippen LogP contribution >= 0.6 is 0 Å². The molecule has 1 atom stereocenters. The van der Waals surface area contributed by atoms with Crippen molar-refractivity contribution >= 4 is 11.9 Å². The Morgan fingerprint density at radius 1 is 1.09 bits per heavy atom. The van der Waals surface area contributed by atoms with Crippen LogP contribution in [0.5, 0.6) is 5.75 Å². The number of hydrogen-bond donors (Lipinski definition) is 2. The summed E-state index contributed by atoms with van der Waals surface area (Å²) in [7, 11) is 0. The first kappa shape index (κ1) is 16.5. The molecule has 0 aliphatic heterocycles. The molecule has 0 heterocycles. The van der Waals surface area contributed by atoms with Gasteiger partial charge in [0.25, 0.3) is 5.91 Å². The third kappa shape index (κ3) is 5.47. The number of ether oxygens (including phenoxy) is 1. The van der Waals surface area contributed by atoms with Gasteiger partial charge in [0, 0.05) is 6.42 Å². The molecular formula is C18H19NO4. The van der Waals surface area contributed by atoms with Gasteiger partial charge in [-0.25, -0.2) is 4.79 Å². The summed E-state index contributed by atoms with van der Waals surface area (Å²) >= 11 is 0. The Hall–Kier alpha value is -2.82. The highest BCUT2D eigenvalue weighted by atomic mass is 16.5. The lowest BCUT2D eigenvalue weighted by atomic mass is 10.1. The van der Waals surface area contributed by atoms with Crippen molar-refractivity contribution in [2.24, 2.45) is 0 Å². The Morgan fingerprint density at radius 2 is 1.74 bits per heavy atom. The average molecular weight is 313 g/mol. The van der Waals surface area contributed by atoms with E-state index in [2.05, 4.69) is 5.32 Å². The summed E-state index contributed by atoms with van der Waals surface area (Å²) in [6.45, 7) is 1.74. The summed E-state index contributed by atoms with van der Waals surface area (Å²) in [5.41, 5.74) is 1.94. The predicted octanol–water partition coefficient (Wildman–Crippen LogP) is 2.19. The molecule has 0 unspecified atom stereocenters. The average Bonchev–Trinajstić information content (AvgIpc) is 2.54. The maximum Gasteiger partial charge on any atom is 0.326 e. The third-order valence-corrected chi connectivity index (χ3v) is 3.31. The van der Waals surface area contributed by atoms with E-state index in [0.29, 0.717) is 5.75 Å². The molecule has 0 aliphatic carbocycles. The van der Waals surface area contributed by atoms with Gasteiger partial charge in [0.2, 0.25) is 0 Å². The Kier molecular flexibility index (Phi) is 5.74. The van der Waals surface area contributed by atoms with Crippen molar-refractivity contribution in [3.05, 3.63) is 65.7 Å². The second kappa shape index (κ2) is 7.98. The van der Waals surface area contributed by atoms with Crippen molar-refractivity contribution in [3.8, 4) is 5.75 Å². The van der Waals surface area contributed by atoms with Crippen LogP contribution in [0.1, 0.15) is 11.1 Å². The van der Waals surface area contributed by atoms with Crippen molar-refractivity contribution in [3.63, 3.8) is 0 Å². The van der Waals surface area contributed by atoms with Crippen LogP contribution in [0.4, 0.5) is 0 Å². The monoisotopic (exact) mass is 313 g/mol. The minimum absolute atomic E-state index is 0.221. The topological polar surface area (TPSA) is 75.6 Å². The van der Waals surface area contributed by atoms with E-state index < -0.39 is 17.9 Å². The van der Waals surface area contributed by atoms with Crippen LogP contribution in [0.25, 0.3) is 0 Å². The van der Waals surface area contributed by atoms with E-state index in [1.165, 1.54) is 0 Å². The Balaban J connectivity index is 1.88. The predicted molar refractivity (Wildman–Crippen MR) is 86.4 cm³/mol. The number of nitrogens with one attached hydrogen (secondary N) is 1. The molecule has 5 nitrogen and oxygen atoms in total. The summed E-state index contributed by atoms with van der Waals surface area (Å²) in [5.74, 6) is -0.966. The van der Waals surface area contributed by atoms with Gasteiger partial charge >= 0.3 is 5.97 Å². The van der Waals surface area contributed by atoms with Crippen LogP contribution in [0.15, 0.2) is 54.6 Å². The normalized spacial score (nSPS) is 11.5. The molecule has 2 aromatic carbocycles. The maximum atomic E-state index is 11.9. The lowest BCUT2D eigenvalue weighted by Gasteiger charge is -2.15. The number of hydrogen-bond acceptors (Lipinski definition) is 3. The quantitative estimate of drug-likeness (QED) is 0.821. The lowest BCUT2D eigenvalue weighted by molar-refractivity contribution is -0.142. The highest BCUT2D eigenvalue weighted by Crippen LogP contribution is 2.11. The molecule has 0 bridgehead atoms. The first-order chi connectivity index (χ1) is 11.0. The van der Waals surface area contributed by atoms with Crippen molar-refractivity contribution in [2.75, 3.05) is 6.61 Å². The van der Waals surface area contributed by atoms with E-state index in [4.69, 9.17) is 4.74 Å². The summed E-state index contributed by atoms with van der Waals surface area (Å²) in [5, 5.41) is 11.7. The molecule has 2 aromatic rings. The summed E-state index contributed by atoms with van der Waals surface area (Å²) in [6.07, 6.45) is 0.229. The molecule has 120 valence electrons. The van der Waals surface area contributed by atoms with Gasteiger partial charge in [-0.1, -0.05) is 48.0 Å². The zero-order chi connectivity index (χ0) is 16.7. The molecule has 2 N–H and O–H groups in total. The second-order valence-electron chi connectivity index (χ2n) is 5.25. The largest absolute Gasteiger partial charge is 0.484 e. The number of aliphatic carboxylic acids is 1. The maximum absolute atomic E-state index is 11.9. The molecule has 0 aliphatic rings. The molecule has 0 saturated carbocycles. The van der Waals surface area contributed by atoms with Gasteiger partial charge in [-0.2, -0.15) is 0 Å². The number of aryl methyl sites for hydroxylation is 1. The molecule has 0 radical (unpaired) electrons. The number of carboxylic acids is 1. The van der Waals surface area contributed by atoms with Crippen molar-refractivity contribution in [1.29, 1.82) is 0 Å². The van der Waals surface area contributed by atoms with E-state index in [1.54, 1.807) is 12.1 Å². The second-order valence-corrected chi connectivity index (χ2v) is 5.25. The summed E-state index contributed by atoms with van der Waals surface area (Å²) in [4.78, 5) is 23.2. The van der Waals surface area contributed by atoms with Gasteiger partial charge < -0.3 is 15.2 Å². The molecular weight excluding hydrogens is 294 g/mol. The number of rotatable bonds is 7. The molecule has 0 saturated heterocycles. The smallest absolute Gasteiger partial charge is 0.326 e. The van der Waals surface area contributed by atoms with E-state index in [9.17, 15) is 14.7 Å². The van der Waals surface area contributed by atoms with E-state index in [0.717, 1.165) is 11.1 Å². The van der Waals surface area contributed by atoms with Crippen LogP contribution in [0.2, 0.25) is 0 Å². The molecule has 1 amide bonds. The van der Waals surface area contributed by atoms with Gasteiger partial charge in [-0.15, -0.1) is 0 Å². The minimum atomic E-state index is -1.07. The van der Waals surface area contributed by atoms with Gasteiger partial charge in [0.15, 0.2) is 6.61 Å². The molecule has 0 fully saturated rings. The zero-order valence-corrected chi connectivity index (χ0v) is 12.9. The fourth-order valence-corrected chi connectivity index (χ4v) is 2.07. The fraction of sp³-hybridized carbons (Fsp3) is 0.222.